The minimum atomic E-state index is -0.0892. The molecule has 3 rings (SSSR count). The van der Waals surface area contributed by atoms with Crippen LogP contribution in [0.5, 0.6) is 0 Å². The first-order valence-electron chi connectivity index (χ1n) is 10.2. The van der Waals surface area contributed by atoms with Gasteiger partial charge >= 0.3 is 0 Å². The second kappa shape index (κ2) is 10.2. The Morgan fingerprint density at radius 2 is 2.00 bits per heavy atom. The van der Waals surface area contributed by atoms with Crippen LogP contribution in [0.3, 0.4) is 0 Å². The lowest BCUT2D eigenvalue weighted by molar-refractivity contribution is -0.122. The molecule has 0 unspecified atom stereocenters. The van der Waals surface area contributed by atoms with Crippen LogP contribution in [0.25, 0.3) is 6.08 Å². The minimum absolute atomic E-state index is 0.0892. The Kier molecular flexibility index (Phi) is 7.36. The van der Waals surface area contributed by atoms with Gasteiger partial charge in [-0.1, -0.05) is 56.2 Å². The Bertz CT molecular complexity index is 914. The normalized spacial score (nSPS) is 16.0. The first-order chi connectivity index (χ1) is 14.1. The van der Waals surface area contributed by atoms with Gasteiger partial charge in [0.05, 0.1) is 12.7 Å². The number of carbonyl (C=O) groups excluding carboxylic acids is 1. The highest BCUT2D eigenvalue weighted by Crippen LogP contribution is 2.20. The van der Waals surface area contributed by atoms with E-state index in [2.05, 4.69) is 35.5 Å². The zero-order chi connectivity index (χ0) is 20.6. The summed E-state index contributed by atoms with van der Waals surface area (Å²) in [5.41, 5.74) is 3.77. The molecule has 5 nitrogen and oxygen atoms in total. The quantitative estimate of drug-likeness (QED) is 0.372. The van der Waals surface area contributed by atoms with Crippen LogP contribution in [-0.2, 0) is 17.9 Å². The molecule has 1 fully saturated rings. The number of nitrogens with zero attached hydrogens (tertiary/aromatic N) is 3. The first kappa shape index (κ1) is 21.0. The van der Waals surface area contributed by atoms with Crippen LogP contribution < -0.4 is 5.32 Å². The van der Waals surface area contributed by atoms with Gasteiger partial charge in [0.2, 0.25) is 0 Å². The molecule has 1 aromatic carbocycles. The first-order valence-corrected chi connectivity index (χ1v) is 10.6. The standard InChI is InChI=1S/C23H28N4OS/c1-3-5-7-12-19(13-18-10-8-6-9-11-18)14-21-22(28)27(23(29)25-21)17-20-15-24-26(4-2)16-20/h6,8-11,13-16H,3-5,7,12,17H2,1-2H3,(H,25,29)/b19-13-,21-14+. The van der Waals surface area contributed by atoms with Gasteiger partial charge in [0, 0.05) is 18.3 Å². The topological polar surface area (TPSA) is 50.2 Å². The second-order valence-electron chi connectivity index (χ2n) is 7.17. The van der Waals surface area contributed by atoms with Crippen molar-refractivity contribution in [2.45, 2.75) is 52.6 Å². The van der Waals surface area contributed by atoms with E-state index < -0.39 is 0 Å². The number of amides is 1. The maximum Gasteiger partial charge on any atom is 0.276 e. The van der Waals surface area contributed by atoms with Crippen LogP contribution >= 0.6 is 12.2 Å². The summed E-state index contributed by atoms with van der Waals surface area (Å²) in [6.45, 7) is 5.45. The average molecular weight is 409 g/mol. The molecule has 0 bridgehead atoms. The number of aryl methyl sites for hydroxylation is 1. The molecule has 152 valence electrons. The third-order valence-electron chi connectivity index (χ3n) is 4.86. The summed E-state index contributed by atoms with van der Waals surface area (Å²) in [7, 11) is 0. The number of aromatic nitrogens is 2. The largest absolute Gasteiger partial charge is 0.328 e. The van der Waals surface area contributed by atoms with Crippen molar-refractivity contribution in [1.29, 1.82) is 0 Å². The number of hydrogen-bond donors (Lipinski definition) is 1. The van der Waals surface area contributed by atoms with Crippen LogP contribution in [0.4, 0.5) is 0 Å². The van der Waals surface area contributed by atoms with E-state index >= 15 is 0 Å². The molecule has 1 saturated heterocycles. The number of nitrogens with one attached hydrogen (secondary N) is 1. The van der Waals surface area contributed by atoms with Crippen LogP contribution in [0.15, 0.2) is 60.1 Å². The molecule has 0 atom stereocenters. The third kappa shape index (κ3) is 5.64. The number of rotatable bonds is 9. The SMILES string of the molecule is CCCCCC(=C/c1ccccc1)/C=C1/NC(=S)N(Cc2cnn(CC)c2)C1=O. The second-order valence-corrected chi connectivity index (χ2v) is 7.56. The fourth-order valence-electron chi connectivity index (χ4n) is 3.27. The van der Waals surface area contributed by atoms with Gasteiger partial charge in [0.25, 0.3) is 5.91 Å². The summed E-state index contributed by atoms with van der Waals surface area (Å²) in [6, 6.07) is 10.2. The fraction of sp³-hybridized carbons (Fsp3) is 0.348. The summed E-state index contributed by atoms with van der Waals surface area (Å²) in [5.74, 6) is -0.0892. The molecule has 1 aliphatic heterocycles. The minimum Gasteiger partial charge on any atom is -0.328 e. The van der Waals surface area contributed by atoms with E-state index in [4.69, 9.17) is 12.2 Å². The summed E-state index contributed by atoms with van der Waals surface area (Å²) >= 11 is 5.42. The molecule has 29 heavy (non-hydrogen) atoms. The van der Waals surface area contributed by atoms with E-state index in [-0.39, 0.29) is 5.91 Å². The Morgan fingerprint density at radius 3 is 2.69 bits per heavy atom. The van der Waals surface area contributed by atoms with E-state index in [9.17, 15) is 4.79 Å². The molecular weight excluding hydrogens is 380 g/mol. The zero-order valence-electron chi connectivity index (χ0n) is 17.1. The van der Waals surface area contributed by atoms with Crippen molar-refractivity contribution in [1.82, 2.24) is 20.0 Å². The molecule has 1 amide bonds. The molecule has 0 spiro atoms. The van der Waals surface area contributed by atoms with Crippen molar-refractivity contribution in [2.75, 3.05) is 0 Å². The van der Waals surface area contributed by atoms with Crippen molar-refractivity contribution in [3.63, 3.8) is 0 Å². The molecule has 0 radical (unpaired) electrons. The van der Waals surface area contributed by atoms with Gasteiger partial charge in [-0.25, -0.2) is 0 Å². The van der Waals surface area contributed by atoms with Crippen LogP contribution in [0.1, 0.15) is 50.7 Å². The highest BCUT2D eigenvalue weighted by Gasteiger charge is 2.31. The molecule has 1 aromatic heterocycles. The zero-order valence-corrected chi connectivity index (χ0v) is 17.9. The maximum atomic E-state index is 13.0. The molecule has 2 aromatic rings. The Hall–Kier alpha value is -2.73. The van der Waals surface area contributed by atoms with E-state index in [1.165, 1.54) is 6.42 Å². The number of benzene rings is 1. The number of hydrogen-bond acceptors (Lipinski definition) is 3. The highest BCUT2D eigenvalue weighted by atomic mass is 32.1. The number of unbranched alkanes of at least 4 members (excludes halogenated alkanes) is 2. The smallest absolute Gasteiger partial charge is 0.276 e. The Morgan fingerprint density at radius 1 is 1.21 bits per heavy atom. The molecule has 2 heterocycles. The molecule has 6 heteroatoms. The molecule has 0 aliphatic carbocycles. The van der Waals surface area contributed by atoms with Crippen LogP contribution in [0, 0.1) is 0 Å². The van der Waals surface area contributed by atoms with E-state index in [1.54, 1.807) is 11.1 Å². The third-order valence-corrected chi connectivity index (χ3v) is 5.19. The van der Waals surface area contributed by atoms with Crippen LogP contribution in [0.2, 0.25) is 0 Å². The van der Waals surface area contributed by atoms with Gasteiger partial charge in [-0.2, -0.15) is 5.10 Å². The summed E-state index contributed by atoms with van der Waals surface area (Å²) in [5, 5.41) is 7.82. The van der Waals surface area contributed by atoms with Crippen molar-refractivity contribution in [3.8, 4) is 0 Å². The predicted octanol–water partition coefficient (Wildman–Crippen LogP) is 4.67. The van der Waals surface area contributed by atoms with Gasteiger partial charge in [-0.05, 0) is 49.2 Å². The van der Waals surface area contributed by atoms with Crippen molar-refractivity contribution >= 4 is 29.3 Å². The van der Waals surface area contributed by atoms with Crippen LogP contribution in [-0.4, -0.2) is 25.7 Å². The molecular formula is C23H28N4OS. The van der Waals surface area contributed by atoms with Crippen molar-refractivity contribution in [2.24, 2.45) is 0 Å². The summed E-state index contributed by atoms with van der Waals surface area (Å²) < 4.78 is 1.84. The van der Waals surface area contributed by atoms with Crippen molar-refractivity contribution < 1.29 is 4.79 Å². The van der Waals surface area contributed by atoms with Gasteiger partial charge in [0.15, 0.2) is 5.11 Å². The summed E-state index contributed by atoms with van der Waals surface area (Å²) in [6.07, 6.45) is 12.2. The summed E-state index contributed by atoms with van der Waals surface area (Å²) in [4.78, 5) is 14.6. The van der Waals surface area contributed by atoms with Gasteiger partial charge in [-0.15, -0.1) is 0 Å². The highest BCUT2D eigenvalue weighted by molar-refractivity contribution is 7.80. The predicted molar refractivity (Wildman–Crippen MR) is 121 cm³/mol. The lowest BCUT2D eigenvalue weighted by Crippen LogP contribution is -2.29. The fourth-order valence-corrected chi connectivity index (χ4v) is 3.53. The maximum absolute atomic E-state index is 13.0. The average Bonchev–Trinajstić information content (AvgIpc) is 3.29. The monoisotopic (exact) mass is 408 g/mol. The number of carbonyl (C=O) groups is 1. The molecule has 0 saturated carbocycles. The van der Waals surface area contributed by atoms with Gasteiger partial charge in [0.1, 0.15) is 5.70 Å². The van der Waals surface area contributed by atoms with E-state index in [0.717, 1.165) is 42.5 Å². The lowest BCUT2D eigenvalue weighted by Gasteiger charge is -2.12. The Balaban J connectivity index is 1.79. The molecule has 1 N–H and O–H groups in total. The van der Waals surface area contributed by atoms with Crippen molar-refractivity contribution in [3.05, 3.63) is 71.2 Å². The number of allylic oxidation sites excluding steroid dienone is 2. The van der Waals surface area contributed by atoms with Gasteiger partial charge in [-0.3, -0.25) is 14.4 Å². The van der Waals surface area contributed by atoms with Gasteiger partial charge < -0.3 is 5.32 Å². The lowest BCUT2D eigenvalue weighted by atomic mass is 10.0. The molecule has 1 aliphatic rings. The number of thiocarbonyl (C=S) groups is 1. The van der Waals surface area contributed by atoms with E-state index in [0.29, 0.717) is 17.4 Å². The Labute approximate surface area is 178 Å². The van der Waals surface area contributed by atoms with E-state index in [1.807, 2.05) is 42.1 Å².